The number of rotatable bonds is 10. The number of carboxylic acids is 1. The Bertz CT molecular complexity index is 1600. The molecule has 0 saturated carbocycles. The van der Waals surface area contributed by atoms with Crippen molar-refractivity contribution in [3.05, 3.63) is 82.8 Å². The number of aromatic nitrogens is 6. The maximum Gasteiger partial charge on any atom is 0.335 e. The molecule has 2 heterocycles. The second kappa shape index (κ2) is 12.4. The smallest absolute Gasteiger partial charge is 0.335 e. The number of hydrogen-bond donors (Lipinski definition) is 3. The molecule has 2 atom stereocenters. The van der Waals surface area contributed by atoms with Gasteiger partial charge in [-0.05, 0) is 65.0 Å². The fourth-order valence-electron chi connectivity index (χ4n) is 3.74. The summed E-state index contributed by atoms with van der Waals surface area (Å²) in [5.41, 5.74) is 1.96. The van der Waals surface area contributed by atoms with E-state index in [0.717, 1.165) is 0 Å². The maximum atomic E-state index is 13.2. The third-order valence-electron chi connectivity index (χ3n) is 5.63. The Morgan fingerprint density at radius 2 is 1.90 bits per heavy atom. The van der Waals surface area contributed by atoms with Gasteiger partial charge in [0.05, 0.1) is 27.7 Å². The molecule has 15 heteroatoms. The number of amides is 2. The van der Waals surface area contributed by atoms with E-state index >= 15 is 0 Å². The monoisotopic (exact) mass is 582 g/mol. The minimum absolute atomic E-state index is 0.00327. The largest absolute Gasteiger partial charge is 0.478 e. The van der Waals surface area contributed by atoms with E-state index in [-0.39, 0.29) is 12.0 Å². The number of carboxylic acid groups (broad SMARTS) is 1. The average Bonchev–Trinajstić information content (AvgIpc) is 3.57. The Hall–Kier alpha value is -4.69. The van der Waals surface area contributed by atoms with E-state index in [9.17, 15) is 18.6 Å². The fourth-order valence-corrected chi connectivity index (χ4v) is 4.64. The first-order chi connectivity index (χ1) is 19.1. The summed E-state index contributed by atoms with van der Waals surface area (Å²) in [5.74, 6) is -2.25. The summed E-state index contributed by atoms with van der Waals surface area (Å²) in [5, 5.41) is 30.8. The molecule has 0 saturated heterocycles. The Labute approximate surface area is 235 Å². The number of benzene rings is 2. The zero-order chi connectivity index (χ0) is 28.8. The standard InChI is InChI=1S/C25H23ClN8O5S/c1-33-23(40(2)39)13-19(30-33)12-20(24(36)28-18-7-3-15(4-8-18)25(37)38)29-22(35)10-5-16-11-17(26)6-9-21(16)34-14-27-31-32-34/h3-11,13-14,20H,12H2,1-2H3,(H,28,36)(H,29,35)(H,37,38)/b10-5+/t20-,40?/m0/s1. The van der Waals surface area contributed by atoms with E-state index in [1.807, 2.05) is 0 Å². The molecule has 1 unspecified atom stereocenters. The van der Waals surface area contributed by atoms with Crippen LogP contribution in [0.2, 0.25) is 5.02 Å². The van der Waals surface area contributed by atoms with Crippen LogP contribution in [0.3, 0.4) is 0 Å². The lowest BCUT2D eigenvalue weighted by Crippen LogP contribution is -2.44. The highest BCUT2D eigenvalue weighted by Gasteiger charge is 2.23. The lowest BCUT2D eigenvalue weighted by molar-refractivity contribution is -0.123. The molecule has 0 spiro atoms. The van der Waals surface area contributed by atoms with Gasteiger partial charge < -0.3 is 15.7 Å². The molecular weight excluding hydrogens is 560 g/mol. The van der Waals surface area contributed by atoms with Gasteiger partial charge >= 0.3 is 5.97 Å². The van der Waals surface area contributed by atoms with Crippen LogP contribution in [0.15, 0.2) is 66.0 Å². The summed E-state index contributed by atoms with van der Waals surface area (Å²) in [6.45, 7) is 0. The van der Waals surface area contributed by atoms with Crippen molar-refractivity contribution >= 4 is 51.9 Å². The summed E-state index contributed by atoms with van der Waals surface area (Å²) < 4.78 is 14.8. The van der Waals surface area contributed by atoms with Gasteiger partial charge in [0.15, 0.2) is 0 Å². The van der Waals surface area contributed by atoms with E-state index in [1.54, 1.807) is 31.3 Å². The number of aromatic carboxylic acids is 1. The number of nitrogens with zero attached hydrogens (tertiary/aromatic N) is 6. The highest BCUT2D eigenvalue weighted by molar-refractivity contribution is 7.84. The molecule has 0 fully saturated rings. The van der Waals surface area contributed by atoms with Gasteiger partial charge in [0.25, 0.3) is 0 Å². The van der Waals surface area contributed by atoms with Crippen LogP contribution < -0.4 is 10.6 Å². The summed E-state index contributed by atoms with van der Waals surface area (Å²) in [6.07, 6.45) is 5.66. The minimum Gasteiger partial charge on any atom is -0.478 e. The molecule has 2 aromatic heterocycles. The number of hydrogen-bond acceptors (Lipinski definition) is 8. The second-order valence-corrected chi connectivity index (χ2v) is 10.2. The van der Waals surface area contributed by atoms with Gasteiger partial charge in [-0.3, -0.25) is 18.5 Å². The van der Waals surface area contributed by atoms with E-state index in [4.69, 9.17) is 16.7 Å². The molecule has 0 bridgehead atoms. The number of nitrogens with one attached hydrogen (secondary N) is 2. The van der Waals surface area contributed by atoms with Gasteiger partial charge in [0, 0.05) is 42.1 Å². The van der Waals surface area contributed by atoms with Crippen LogP contribution in [0.4, 0.5) is 5.69 Å². The second-order valence-electron chi connectivity index (χ2n) is 8.48. The maximum absolute atomic E-state index is 13.2. The normalized spacial score (nSPS) is 12.7. The van der Waals surface area contributed by atoms with E-state index < -0.39 is 34.6 Å². The number of carbonyl (C=O) groups is 3. The lowest BCUT2D eigenvalue weighted by Gasteiger charge is -2.17. The Balaban J connectivity index is 1.56. The Kier molecular flexibility index (Phi) is 8.81. The molecule has 2 aromatic carbocycles. The predicted octanol–water partition coefficient (Wildman–Crippen LogP) is 1.86. The summed E-state index contributed by atoms with van der Waals surface area (Å²) >= 11 is 6.14. The van der Waals surface area contributed by atoms with Gasteiger partial charge in [-0.25, -0.2) is 4.79 Å². The topological polar surface area (TPSA) is 174 Å². The van der Waals surface area contributed by atoms with Gasteiger partial charge in [-0.1, -0.05) is 11.6 Å². The van der Waals surface area contributed by atoms with Crippen molar-refractivity contribution in [3.8, 4) is 5.69 Å². The van der Waals surface area contributed by atoms with Crippen LogP contribution in [-0.2, 0) is 33.9 Å². The third kappa shape index (κ3) is 7.03. The van der Waals surface area contributed by atoms with Crippen LogP contribution >= 0.6 is 11.6 Å². The molecule has 206 valence electrons. The van der Waals surface area contributed by atoms with Crippen molar-refractivity contribution in [1.29, 1.82) is 0 Å². The zero-order valence-electron chi connectivity index (χ0n) is 21.2. The van der Waals surface area contributed by atoms with Crippen LogP contribution in [0.25, 0.3) is 11.8 Å². The van der Waals surface area contributed by atoms with E-state index in [0.29, 0.717) is 32.7 Å². The van der Waals surface area contributed by atoms with E-state index in [2.05, 4.69) is 31.3 Å². The molecule has 0 radical (unpaired) electrons. The summed E-state index contributed by atoms with van der Waals surface area (Å²) in [6, 6.07) is 11.1. The SMILES string of the molecule is Cn1nc(C[C@H](NC(=O)/C=C/c2cc(Cl)ccc2-n2cnnn2)C(=O)Nc2ccc(C(=O)O)cc2)cc1S(C)=O. The van der Waals surface area contributed by atoms with Crippen LogP contribution in [0, 0.1) is 0 Å². The van der Waals surface area contributed by atoms with Crippen LogP contribution in [-0.4, -0.2) is 69.4 Å². The van der Waals surface area contributed by atoms with Crippen molar-refractivity contribution in [2.24, 2.45) is 7.05 Å². The molecular formula is C25H23ClN8O5S. The first-order valence-corrected chi connectivity index (χ1v) is 13.6. The highest BCUT2D eigenvalue weighted by atomic mass is 35.5. The zero-order valence-corrected chi connectivity index (χ0v) is 22.8. The Morgan fingerprint density at radius 3 is 2.52 bits per heavy atom. The van der Waals surface area contributed by atoms with Crippen molar-refractivity contribution in [1.82, 2.24) is 35.3 Å². The summed E-state index contributed by atoms with van der Waals surface area (Å²) in [7, 11) is 0.324. The minimum atomic E-state index is -1.31. The molecule has 0 aliphatic rings. The predicted molar refractivity (Wildman–Crippen MR) is 146 cm³/mol. The third-order valence-corrected chi connectivity index (χ3v) is 6.83. The first kappa shape index (κ1) is 28.3. The van der Waals surface area contributed by atoms with E-state index in [1.165, 1.54) is 58.4 Å². The molecule has 3 N–H and O–H groups in total. The molecule has 2 amide bonds. The first-order valence-electron chi connectivity index (χ1n) is 11.6. The van der Waals surface area contributed by atoms with Gasteiger partial charge in [-0.15, -0.1) is 5.10 Å². The van der Waals surface area contributed by atoms with Crippen LogP contribution in [0.5, 0.6) is 0 Å². The van der Waals surface area contributed by atoms with Crippen LogP contribution in [0.1, 0.15) is 21.6 Å². The van der Waals surface area contributed by atoms with Crippen molar-refractivity contribution in [2.75, 3.05) is 11.6 Å². The number of carbonyl (C=O) groups excluding carboxylic acids is 2. The number of halogens is 1. The van der Waals surface area contributed by atoms with Crippen molar-refractivity contribution in [3.63, 3.8) is 0 Å². The van der Waals surface area contributed by atoms with Gasteiger partial charge in [-0.2, -0.15) is 9.78 Å². The molecule has 0 aliphatic carbocycles. The average molecular weight is 583 g/mol. The van der Waals surface area contributed by atoms with Gasteiger partial charge in [0.1, 0.15) is 17.4 Å². The molecule has 0 aliphatic heterocycles. The summed E-state index contributed by atoms with van der Waals surface area (Å²) in [4.78, 5) is 37.3. The van der Waals surface area contributed by atoms with Gasteiger partial charge in [0.2, 0.25) is 11.8 Å². The number of anilines is 1. The van der Waals surface area contributed by atoms with Crippen molar-refractivity contribution in [2.45, 2.75) is 17.5 Å². The molecule has 40 heavy (non-hydrogen) atoms. The lowest BCUT2D eigenvalue weighted by atomic mass is 10.1. The molecule has 4 rings (SSSR count). The quantitative estimate of drug-likeness (QED) is 0.236. The Morgan fingerprint density at radius 1 is 1.15 bits per heavy atom. The molecule has 13 nitrogen and oxygen atoms in total. The van der Waals surface area contributed by atoms with Crippen molar-refractivity contribution < 1.29 is 23.7 Å². The highest BCUT2D eigenvalue weighted by Crippen LogP contribution is 2.20. The number of tetrazole rings is 1. The molecule has 4 aromatic rings. The fraction of sp³-hybridized carbons (Fsp3) is 0.160. The number of aryl methyl sites for hydroxylation is 1.